The van der Waals surface area contributed by atoms with Crippen molar-refractivity contribution >= 4 is 17.2 Å². The molecule has 0 fully saturated rings. The van der Waals surface area contributed by atoms with Crippen molar-refractivity contribution in [1.29, 1.82) is 5.26 Å². The van der Waals surface area contributed by atoms with E-state index in [4.69, 9.17) is 14.0 Å². The zero-order valence-electron chi connectivity index (χ0n) is 20.8. The molecule has 1 aliphatic rings. The summed E-state index contributed by atoms with van der Waals surface area (Å²) in [7, 11) is 0. The monoisotopic (exact) mass is 523 g/mol. The molecule has 0 spiro atoms. The van der Waals surface area contributed by atoms with E-state index in [0.717, 1.165) is 29.5 Å². The van der Waals surface area contributed by atoms with Gasteiger partial charge in [0.1, 0.15) is 18.4 Å². The third-order valence-corrected chi connectivity index (χ3v) is 6.81. The van der Waals surface area contributed by atoms with Gasteiger partial charge in [0.2, 0.25) is 5.82 Å². The van der Waals surface area contributed by atoms with E-state index in [2.05, 4.69) is 16.2 Å². The van der Waals surface area contributed by atoms with Gasteiger partial charge in [-0.3, -0.25) is 9.00 Å². The van der Waals surface area contributed by atoms with Gasteiger partial charge in [-0.2, -0.15) is 10.2 Å². The van der Waals surface area contributed by atoms with Crippen molar-refractivity contribution in [2.24, 2.45) is 0 Å². The van der Waals surface area contributed by atoms with E-state index in [1.807, 2.05) is 32.0 Å². The highest BCUT2D eigenvalue weighted by atomic mass is 32.2. The fourth-order valence-electron chi connectivity index (χ4n) is 4.46. The molecular formula is C26H27N4O6S-. The molecule has 0 aliphatic heterocycles. The molecule has 10 nitrogen and oxygen atoms in total. The first-order chi connectivity index (χ1) is 17.8. The second-order valence-corrected chi connectivity index (χ2v) is 9.92. The van der Waals surface area contributed by atoms with Crippen LogP contribution in [-0.4, -0.2) is 55.0 Å². The molecule has 0 saturated heterocycles. The molecule has 194 valence electrons. The Balaban J connectivity index is 1.55. The van der Waals surface area contributed by atoms with Crippen LogP contribution < -0.4 is 4.74 Å². The number of hydrogen-bond acceptors (Lipinski definition) is 9. The highest BCUT2D eigenvalue weighted by Gasteiger charge is 2.28. The minimum Gasteiger partial charge on any atom is -0.760 e. The van der Waals surface area contributed by atoms with Gasteiger partial charge < -0.3 is 18.5 Å². The molecule has 0 saturated carbocycles. The van der Waals surface area contributed by atoms with Crippen LogP contribution in [0.25, 0.3) is 22.8 Å². The molecule has 1 aromatic heterocycles. The van der Waals surface area contributed by atoms with Crippen LogP contribution in [0.5, 0.6) is 5.75 Å². The first-order valence-corrected chi connectivity index (χ1v) is 12.9. The molecule has 1 aliphatic carbocycles. The van der Waals surface area contributed by atoms with Crippen molar-refractivity contribution < 1.29 is 27.6 Å². The lowest BCUT2D eigenvalue weighted by atomic mass is 9.98. The fraction of sp³-hybridized carbons (Fsp3) is 0.385. The lowest BCUT2D eigenvalue weighted by Gasteiger charge is -2.27. The van der Waals surface area contributed by atoms with Crippen LogP contribution in [0.1, 0.15) is 49.8 Å². The molecular weight excluding hydrogens is 496 g/mol. The maximum atomic E-state index is 11.7. The van der Waals surface area contributed by atoms with Crippen LogP contribution in [0.2, 0.25) is 0 Å². The topological polar surface area (TPSA) is 142 Å². The molecule has 0 amide bonds. The number of carbonyl (C=O) groups is 1. The predicted octanol–water partition coefficient (Wildman–Crippen LogP) is 3.75. The maximum Gasteiger partial charge on any atom is 0.302 e. The van der Waals surface area contributed by atoms with Crippen LogP contribution in [0, 0.1) is 11.3 Å². The van der Waals surface area contributed by atoms with Crippen molar-refractivity contribution in [2.45, 2.75) is 45.6 Å². The second-order valence-electron chi connectivity index (χ2n) is 8.97. The average molecular weight is 524 g/mol. The standard InChI is InChI=1S/C26H28N4O6S/c1-16(2)35-24-10-8-18(13-20(24)14-27)26-28-25(29-36-26)23-6-4-5-21-19(7-9-22(21)23)15-30(37(32)33)11-12-34-17(3)31/h4-6,8,10,13,16,19H,7,9,11-12,15H2,1-3H3,(H,32,33)/p-1/t19-/m0/s1. The zero-order chi connectivity index (χ0) is 26.5. The van der Waals surface area contributed by atoms with E-state index in [-0.39, 0.29) is 37.6 Å². The Kier molecular flexibility index (Phi) is 8.33. The van der Waals surface area contributed by atoms with E-state index in [0.29, 0.717) is 22.7 Å². The predicted molar refractivity (Wildman–Crippen MR) is 134 cm³/mol. The summed E-state index contributed by atoms with van der Waals surface area (Å²) in [6.07, 6.45) is 1.44. The number of nitrogens with zero attached hydrogens (tertiary/aromatic N) is 4. The normalized spacial score (nSPS) is 15.4. The van der Waals surface area contributed by atoms with E-state index in [1.54, 1.807) is 18.2 Å². The summed E-state index contributed by atoms with van der Waals surface area (Å²) in [5.74, 6) is 0.744. The second kappa shape index (κ2) is 11.6. The van der Waals surface area contributed by atoms with Gasteiger partial charge in [-0.25, -0.2) is 4.31 Å². The van der Waals surface area contributed by atoms with Crippen LogP contribution in [0.15, 0.2) is 40.9 Å². The van der Waals surface area contributed by atoms with E-state index >= 15 is 0 Å². The SMILES string of the molecule is CC(=O)OCCN(C[C@@H]1CCc2c(-c3noc(-c4ccc(OC(C)C)c(C#N)c4)n3)cccc21)S(=O)[O-]. The molecule has 2 aromatic carbocycles. The summed E-state index contributed by atoms with van der Waals surface area (Å²) in [6.45, 7) is 5.46. The van der Waals surface area contributed by atoms with E-state index in [9.17, 15) is 18.8 Å². The largest absolute Gasteiger partial charge is 0.760 e. The molecule has 0 N–H and O–H groups in total. The summed E-state index contributed by atoms with van der Waals surface area (Å²) < 4.78 is 40.9. The number of ether oxygens (including phenoxy) is 2. The van der Waals surface area contributed by atoms with Gasteiger partial charge in [0.15, 0.2) is 0 Å². The van der Waals surface area contributed by atoms with Crippen molar-refractivity contribution in [3.05, 3.63) is 53.1 Å². The molecule has 1 unspecified atom stereocenters. The lowest BCUT2D eigenvalue weighted by Crippen LogP contribution is -2.33. The average Bonchev–Trinajstić information content (AvgIpc) is 3.51. The Hall–Kier alpha value is -3.59. The molecule has 1 heterocycles. The van der Waals surface area contributed by atoms with Crippen LogP contribution in [-0.2, 0) is 27.2 Å². The number of benzene rings is 2. The number of nitriles is 1. The Morgan fingerprint density at radius 3 is 2.86 bits per heavy atom. The number of fused-ring (bicyclic) bond motifs is 1. The summed E-state index contributed by atoms with van der Waals surface area (Å²) in [6, 6.07) is 13.1. The summed E-state index contributed by atoms with van der Waals surface area (Å²) >= 11 is -2.44. The molecule has 11 heteroatoms. The van der Waals surface area contributed by atoms with Crippen LogP contribution in [0.4, 0.5) is 0 Å². The highest BCUT2D eigenvalue weighted by molar-refractivity contribution is 7.76. The molecule has 4 rings (SSSR count). The molecule has 3 aromatic rings. The van der Waals surface area contributed by atoms with E-state index in [1.165, 1.54) is 11.2 Å². The number of rotatable bonds is 10. The van der Waals surface area contributed by atoms with Crippen molar-refractivity contribution in [3.63, 3.8) is 0 Å². The van der Waals surface area contributed by atoms with Crippen molar-refractivity contribution in [1.82, 2.24) is 14.4 Å². The third-order valence-electron chi connectivity index (χ3n) is 6.05. The van der Waals surface area contributed by atoms with Gasteiger partial charge >= 0.3 is 5.97 Å². The first kappa shape index (κ1) is 26.5. The van der Waals surface area contributed by atoms with E-state index < -0.39 is 17.2 Å². The van der Waals surface area contributed by atoms with Crippen LogP contribution >= 0.6 is 0 Å². The number of aromatic nitrogens is 2. The molecule has 2 atom stereocenters. The van der Waals surface area contributed by atoms with Gasteiger partial charge in [0.05, 0.1) is 11.7 Å². The zero-order valence-corrected chi connectivity index (χ0v) is 21.6. The van der Waals surface area contributed by atoms with Crippen LogP contribution in [0.3, 0.4) is 0 Å². The minimum atomic E-state index is -2.44. The molecule has 0 bridgehead atoms. The Morgan fingerprint density at radius 1 is 1.35 bits per heavy atom. The van der Waals surface area contributed by atoms with Crippen molar-refractivity contribution in [2.75, 3.05) is 19.7 Å². The van der Waals surface area contributed by atoms with Gasteiger partial charge in [0, 0.05) is 42.4 Å². The lowest BCUT2D eigenvalue weighted by molar-refractivity contribution is -0.141. The summed E-state index contributed by atoms with van der Waals surface area (Å²) in [5, 5.41) is 13.7. The molecule has 37 heavy (non-hydrogen) atoms. The van der Waals surface area contributed by atoms with Gasteiger partial charge in [-0.1, -0.05) is 23.4 Å². The molecule has 0 radical (unpaired) electrons. The van der Waals surface area contributed by atoms with Crippen molar-refractivity contribution in [3.8, 4) is 34.7 Å². The van der Waals surface area contributed by atoms with Gasteiger partial charge in [-0.05, 0) is 61.9 Å². The quantitative estimate of drug-likeness (QED) is 0.287. The number of hydrogen-bond donors (Lipinski definition) is 0. The Bertz CT molecular complexity index is 1350. The van der Waals surface area contributed by atoms with Gasteiger partial charge in [-0.15, -0.1) is 0 Å². The minimum absolute atomic E-state index is 0.00660. The van der Waals surface area contributed by atoms with Gasteiger partial charge in [0.25, 0.3) is 5.89 Å². The first-order valence-electron chi connectivity index (χ1n) is 11.9. The number of carbonyl (C=O) groups excluding carboxylic acids is 1. The Labute approximate surface area is 217 Å². The maximum absolute atomic E-state index is 11.7. The smallest absolute Gasteiger partial charge is 0.302 e. The number of esters is 1. The summed E-state index contributed by atoms with van der Waals surface area (Å²) in [4.78, 5) is 15.6. The Morgan fingerprint density at radius 2 is 2.16 bits per heavy atom. The summed E-state index contributed by atoms with van der Waals surface area (Å²) in [5.41, 5.74) is 3.90. The highest BCUT2D eigenvalue weighted by Crippen LogP contribution is 2.39. The third kappa shape index (κ3) is 6.22. The fourth-order valence-corrected chi connectivity index (χ4v) is 4.99.